The Morgan fingerprint density at radius 2 is 0.707 bits per heavy atom. The van der Waals surface area contributed by atoms with Crippen molar-refractivity contribution in [1.82, 2.24) is 0 Å². The smallest absolute Gasteiger partial charge is 0.104 e. The van der Waals surface area contributed by atoms with Crippen LogP contribution in [-0.4, -0.2) is 71.3 Å². The zero-order chi connectivity index (χ0) is 30.1. The molecule has 1 unspecified atom stereocenters. The van der Waals surface area contributed by atoms with E-state index in [1.807, 2.05) is 0 Å². The third kappa shape index (κ3) is 35.9. The molecule has 41 heavy (non-hydrogen) atoms. The average molecular weight is 585 g/mol. The summed E-state index contributed by atoms with van der Waals surface area (Å²) < 4.78 is 19.3. The third-order valence-corrected chi connectivity index (χ3v) is 8.22. The van der Waals surface area contributed by atoms with Crippen LogP contribution >= 0.6 is 0 Å². The predicted octanol–water partition coefficient (Wildman–Crippen LogP) is 10.9. The van der Waals surface area contributed by atoms with Crippen LogP contribution in [0.5, 0.6) is 0 Å². The molecule has 0 rings (SSSR count). The Labute approximate surface area is 259 Å². The van der Waals surface area contributed by atoms with Crippen molar-refractivity contribution in [3.8, 4) is 0 Å². The Bertz CT molecular complexity index is 479. The van der Waals surface area contributed by atoms with E-state index in [9.17, 15) is 0 Å². The lowest BCUT2D eigenvalue weighted by Gasteiger charge is -2.24. The number of unbranched alkanes of at least 4 members (excludes halogenated alkanes) is 22. The van der Waals surface area contributed by atoms with Crippen molar-refractivity contribution in [2.24, 2.45) is 0 Å². The van der Waals surface area contributed by atoms with E-state index in [0.29, 0.717) is 13.2 Å². The number of hydrogen-bond donors (Lipinski definition) is 0. The molecule has 0 fully saturated rings. The molecule has 0 aromatic rings. The molecule has 248 valence electrons. The molecule has 0 aliphatic rings. The molecule has 0 aliphatic carbocycles. The van der Waals surface area contributed by atoms with E-state index in [1.54, 1.807) is 0 Å². The van der Waals surface area contributed by atoms with Crippen molar-refractivity contribution in [1.29, 1.82) is 0 Å². The van der Waals surface area contributed by atoms with Gasteiger partial charge in [-0.25, -0.2) is 0 Å². The highest BCUT2D eigenvalue weighted by atomic mass is 16.6. The van der Waals surface area contributed by atoms with E-state index < -0.39 is 0 Å². The van der Waals surface area contributed by atoms with E-state index in [4.69, 9.17) is 14.2 Å². The standard InChI is InChI=1S/C37H78NO3/c1-6-8-10-12-14-16-18-20-22-24-26-28-32-39-35-37(36-40-33-30-31-38(3,4)5)41-34-29-27-25-23-21-19-17-15-13-11-9-7-2/h37H,6-36H2,1-5H3/q+1. The molecule has 0 bridgehead atoms. The molecule has 0 radical (unpaired) electrons. The van der Waals surface area contributed by atoms with Gasteiger partial charge in [-0.15, -0.1) is 0 Å². The molecule has 0 amide bonds. The molecule has 0 saturated heterocycles. The van der Waals surface area contributed by atoms with Gasteiger partial charge in [0.05, 0.1) is 47.5 Å². The molecule has 1 atom stereocenters. The van der Waals surface area contributed by atoms with Crippen molar-refractivity contribution in [3.05, 3.63) is 0 Å². The summed E-state index contributed by atoms with van der Waals surface area (Å²) in [5.41, 5.74) is 0. The molecule has 0 heterocycles. The fraction of sp³-hybridized carbons (Fsp3) is 1.00. The van der Waals surface area contributed by atoms with Crippen LogP contribution in [0.1, 0.15) is 174 Å². The summed E-state index contributed by atoms with van der Waals surface area (Å²) in [6, 6.07) is 0. The van der Waals surface area contributed by atoms with Gasteiger partial charge in [-0.1, -0.05) is 155 Å². The zero-order valence-corrected chi connectivity index (χ0v) is 29.2. The maximum atomic E-state index is 6.24. The largest absolute Gasteiger partial charge is 0.379 e. The quantitative estimate of drug-likeness (QED) is 0.0548. The molecular formula is C37H78NO3+. The Hall–Kier alpha value is -0.160. The second kappa shape index (κ2) is 32.7. The minimum absolute atomic E-state index is 0.0733. The van der Waals surface area contributed by atoms with Crippen LogP contribution in [0.3, 0.4) is 0 Å². The van der Waals surface area contributed by atoms with Crippen LogP contribution in [0.2, 0.25) is 0 Å². The number of quaternary nitrogens is 1. The second-order valence-corrected chi connectivity index (χ2v) is 13.8. The van der Waals surface area contributed by atoms with Gasteiger partial charge in [0, 0.05) is 19.6 Å². The molecule has 0 saturated carbocycles. The molecular weight excluding hydrogens is 506 g/mol. The van der Waals surface area contributed by atoms with Gasteiger partial charge >= 0.3 is 0 Å². The van der Waals surface area contributed by atoms with Gasteiger partial charge in [0.25, 0.3) is 0 Å². The van der Waals surface area contributed by atoms with Crippen molar-refractivity contribution >= 4 is 0 Å². The van der Waals surface area contributed by atoms with Gasteiger partial charge in [-0.3, -0.25) is 0 Å². The van der Waals surface area contributed by atoms with Crippen LogP contribution < -0.4 is 0 Å². The van der Waals surface area contributed by atoms with Gasteiger partial charge in [-0.2, -0.15) is 0 Å². The summed E-state index contributed by atoms with van der Waals surface area (Å²) in [6.45, 7) is 9.57. The summed E-state index contributed by atoms with van der Waals surface area (Å²) in [5, 5.41) is 0. The summed E-state index contributed by atoms with van der Waals surface area (Å²) in [6.07, 6.45) is 34.2. The molecule has 0 aromatic carbocycles. The van der Waals surface area contributed by atoms with Crippen molar-refractivity contribution < 1.29 is 18.7 Å². The highest BCUT2D eigenvalue weighted by Crippen LogP contribution is 2.13. The number of nitrogens with zero attached hydrogens (tertiary/aromatic N) is 1. The van der Waals surface area contributed by atoms with Crippen LogP contribution in [-0.2, 0) is 14.2 Å². The second-order valence-electron chi connectivity index (χ2n) is 13.8. The van der Waals surface area contributed by atoms with Crippen molar-refractivity contribution in [2.45, 2.75) is 180 Å². The highest BCUT2D eigenvalue weighted by molar-refractivity contribution is 4.57. The topological polar surface area (TPSA) is 27.7 Å². The minimum atomic E-state index is 0.0733. The van der Waals surface area contributed by atoms with E-state index in [1.165, 1.54) is 148 Å². The average Bonchev–Trinajstić information content (AvgIpc) is 2.94. The monoisotopic (exact) mass is 585 g/mol. The molecule has 0 N–H and O–H groups in total. The third-order valence-electron chi connectivity index (χ3n) is 8.22. The first kappa shape index (κ1) is 40.8. The van der Waals surface area contributed by atoms with Crippen molar-refractivity contribution in [2.75, 3.05) is 60.7 Å². The molecule has 0 aromatic heterocycles. The summed E-state index contributed by atoms with van der Waals surface area (Å²) >= 11 is 0. The number of ether oxygens (including phenoxy) is 3. The van der Waals surface area contributed by atoms with E-state index in [2.05, 4.69) is 35.0 Å². The van der Waals surface area contributed by atoms with Crippen LogP contribution in [0.25, 0.3) is 0 Å². The van der Waals surface area contributed by atoms with Gasteiger partial charge in [-0.05, 0) is 12.8 Å². The lowest BCUT2D eigenvalue weighted by molar-refractivity contribution is -0.870. The number of rotatable bonds is 35. The van der Waals surface area contributed by atoms with E-state index in [0.717, 1.165) is 43.7 Å². The fourth-order valence-electron chi connectivity index (χ4n) is 5.45. The molecule has 4 nitrogen and oxygen atoms in total. The van der Waals surface area contributed by atoms with Crippen LogP contribution in [0.4, 0.5) is 0 Å². The molecule has 0 aliphatic heterocycles. The minimum Gasteiger partial charge on any atom is -0.379 e. The van der Waals surface area contributed by atoms with Crippen LogP contribution in [0, 0.1) is 0 Å². The van der Waals surface area contributed by atoms with Gasteiger partial charge < -0.3 is 18.7 Å². The summed E-state index contributed by atoms with van der Waals surface area (Å²) in [7, 11) is 6.72. The van der Waals surface area contributed by atoms with Gasteiger partial charge in [0.1, 0.15) is 6.10 Å². The van der Waals surface area contributed by atoms with Crippen molar-refractivity contribution in [3.63, 3.8) is 0 Å². The Balaban J connectivity index is 3.84. The Kier molecular flexibility index (Phi) is 32.6. The predicted molar refractivity (Wildman–Crippen MR) is 181 cm³/mol. The number of hydrogen-bond acceptors (Lipinski definition) is 3. The molecule has 4 heteroatoms. The SMILES string of the molecule is CCCCCCCCCCCCCCOCC(COCCC[N+](C)(C)C)OCCCCCCCCCCCCCC. The maximum absolute atomic E-state index is 6.24. The van der Waals surface area contributed by atoms with E-state index in [-0.39, 0.29) is 6.10 Å². The fourth-order valence-corrected chi connectivity index (χ4v) is 5.45. The van der Waals surface area contributed by atoms with Gasteiger partial charge in [0.15, 0.2) is 0 Å². The summed E-state index contributed by atoms with van der Waals surface area (Å²) in [5.74, 6) is 0. The highest BCUT2D eigenvalue weighted by Gasteiger charge is 2.11. The first-order valence-electron chi connectivity index (χ1n) is 18.6. The first-order valence-corrected chi connectivity index (χ1v) is 18.6. The normalized spacial score (nSPS) is 12.8. The van der Waals surface area contributed by atoms with Crippen LogP contribution in [0.15, 0.2) is 0 Å². The Morgan fingerprint density at radius 3 is 1.07 bits per heavy atom. The van der Waals surface area contributed by atoms with E-state index >= 15 is 0 Å². The summed E-state index contributed by atoms with van der Waals surface area (Å²) in [4.78, 5) is 0. The Morgan fingerprint density at radius 1 is 0.390 bits per heavy atom. The zero-order valence-electron chi connectivity index (χ0n) is 29.2. The first-order chi connectivity index (χ1) is 20.0. The van der Waals surface area contributed by atoms with Gasteiger partial charge in [0.2, 0.25) is 0 Å². The lowest BCUT2D eigenvalue weighted by atomic mass is 10.1. The maximum Gasteiger partial charge on any atom is 0.104 e. The molecule has 0 spiro atoms. The lowest BCUT2D eigenvalue weighted by Crippen LogP contribution is -2.36.